The SMILES string of the molecule is COC(=O)CC1(CSC(CCc2ccccc2C(C)(C)O)c2cccc(C=Cc3ccc4ccc(Cl)cc4n3)c2)CC1. The number of hydrogen-bond acceptors (Lipinski definition) is 5. The lowest BCUT2D eigenvalue weighted by atomic mass is 9.90. The molecule has 4 nitrogen and oxygen atoms in total. The normalized spacial score (nSPS) is 15.2. The van der Waals surface area contributed by atoms with Crippen molar-refractivity contribution in [1.29, 1.82) is 0 Å². The Morgan fingerprint density at radius 1 is 1.07 bits per heavy atom. The Hall–Kier alpha value is -3.12. The summed E-state index contributed by atoms with van der Waals surface area (Å²) in [5, 5.41) is 12.7. The van der Waals surface area contributed by atoms with Gasteiger partial charge in [0.05, 0.1) is 30.3 Å². The molecule has 0 aliphatic heterocycles. The van der Waals surface area contributed by atoms with Crippen LogP contribution in [-0.2, 0) is 21.6 Å². The summed E-state index contributed by atoms with van der Waals surface area (Å²) in [5.74, 6) is 0.796. The molecule has 218 valence electrons. The number of carbonyl (C=O) groups excluding carboxylic acids is 1. The molecule has 1 unspecified atom stereocenters. The maximum Gasteiger partial charge on any atom is 0.306 e. The van der Waals surface area contributed by atoms with Gasteiger partial charge in [-0.05, 0) is 91.5 Å². The van der Waals surface area contributed by atoms with Crippen molar-refractivity contribution in [3.8, 4) is 0 Å². The number of carbonyl (C=O) groups is 1. The number of esters is 1. The van der Waals surface area contributed by atoms with E-state index in [1.165, 1.54) is 18.2 Å². The summed E-state index contributed by atoms with van der Waals surface area (Å²) in [6.07, 6.45) is 8.53. The molecule has 1 aliphatic rings. The molecule has 1 heterocycles. The first-order chi connectivity index (χ1) is 20.1. The zero-order chi connectivity index (χ0) is 29.7. The standard InChI is InChI=1S/C36H38ClNO3S/c1-35(2,40)31-10-5-4-8-26(31)14-18-33(42-24-36(19-20-36)23-34(39)41-3)28-9-6-7-25(21-28)11-16-30-17-13-27-12-15-29(37)22-32(27)38-30/h4-13,15-17,21-22,33,40H,14,18-20,23-24H2,1-3H3. The molecule has 5 rings (SSSR count). The second-order valence-corrected chi connectivity index (χ2v) is 13.5. The molecule has 6 heteroatoms. The summed E-state index contributed by atoms with van der Waals surface area (Å²) in [4.78, 5) is 16.8. The van der Waals surface area contributed by atoms with Gasteiger partial charge < -0.3 is 9.84 Å². The van der Waals surface area contributed by atoms with Crippen LogP contribution in [0.2, 0.25) is 5.02 Å². The molecule has 1 fully saturated rings. The van der Waals surface area contributed by atoms with Crippen LogP contribution in [0, 0.1) is 5.41 Å². The van der Waals surface area contributed by atoms with Crippen molar-refractivity contribution in [2.45, 2.75) is 56.8 Å². The van der Waals surface area contributed by atoms with Gasteiger partial charge >= 0.3 is 5.97 Å². The summed E-state index contributed by atoms with van der Waals surface area (Å²) in [7, 11) is 1.47. The average Bonchev–Trinajstić information content (AvgIpc) is 3.74. The molecular weight excluding hydrogens is 562 g/mol. The van der Waals surface area contributed by atoms with E-state index in [1.807, 2.05) is 74.1 Å². The third kappa shape index (κ3) is 7.83. The molecule has 1 atom stereocenters. The molecule has 1 saturated carbocycles. The van der Waals surface area contributed by atoms with E-state index < -0.39 is 5.60 Å². The molecule has 0 amide bonds. The molecule has 0 spiro atoms. The largest absolute Gasteiger partial charge is 0.469 e. The lowest BCUT2D eigenvalue weighted by molar-refractivity contribution is -0.141. The van der Waals surface area contributed by atoms with Gasteiger partial charge in [0.2, 0.25) is 0 Å². The number of nitrogens with zero attached hydrogens (tertiary/aromatic N) is 1. The predicted molar refractivity (Wildman–Crippen MR) is 176 cm³/mol. The molecule has 1 N–H and O–H groups in total. The van der Waals surface area contributed by atoms with Gasteiger partial charge in [0, 0.05) is 21.4 Å². The van der Waals surface area contributed by atoms with Gasteiger partial charge in [-0.15, -0.1) is 0 Å². The number of fused-ring (bicyclic) bond motifs is 1. The fraction of sp³-hybridized carbons (Fsp3) is 0.333. The minimum absolute atomic E-state index is 0.0448. The average molecular weight is 600 g/mol. The molecule has 0 radical (unpaired) electrons. The molecular formula is C36H38ClNO3S. The van der Waals surface area contributed by atoms with Gasteiger partial charge in [-0.2, -0.15) is 11.8 Å². The Bertz CT molecular complexity index is 1590. The number of thioether (sulfide) groups is 1. The van der Waals surface area contributed by atoms with Gasteiger partial charge in [-0.3, -0.25) is 4.79 Å². The van der Waals surface area contributed by atoms with Crippen molar-refractivity contribution in [3.05, 3.63) is 112 Å². The number of benzene rings is 3. The van der Waals surface area contributed by atoms with Crippen molar-refractivity contribution in [1.82, 2.24) is 4.98 Å². The van der Waals surface area contributed by atoms with Crippen LogP contribution in [0.5, 0.6) is 0 Å². The summed E-state index contributed by atoms with van der Waals surface area (Å²) < 4.78 is 4.99. The topological polar surface area (TPSA) is 59.4 Å². The van der Waals surface area contributed by atoms with Crippen LogP contribution in [0.25, 0.3) is 23.1 Å². The summed E-state index contributed by atoms with van der Waals surface area (Å²) in [6.45, 7) is 3.69. The van der Waals surface area contributed by atoms with E-state index in [4.69, 9.17) is 21.3 Å². The Labute approximate surface area is 258 Å². The molecule has 42 heavy (non-hydrogen) atoms. The second-order valence-electron chi connectivity index (χ2n) is 11.9. The van der Waals surface area contributed by atoms with E-state index in [1.54, 1.807) is 0 Å². The molecule has 0 bridgehead atoms. The minimum atomic E-state index is -0.898. The van der Waals surface area contributed by atoms with Gasteiger partial charge in [0.15, 0.2) is 0 Å². The second kappa shape index (κ2) is 13.0. The zero-order valence-corrected chi connectivity index (χ0v) is 26.0. The van der Waals surface area contributed by atoms with E-state index in [-0.39, 0.29) is 16.6 Å². The molecule has 4 aromatic rings. The Morgan fingerprint density at radius 2 is 1.86 bits per heavy atom. The highest BCUT2D eigenvalue weighted by molar-refractivity contribution is 7.99. The number of aliphatic hydroxyl groups is 1. The lowest BCUT2D eigenvalue weighted by Crippen LogP contribution is -2.18. The number of rotatable bonds is 12. The zero-order valence-electron chi connectivity index (χ0n) is 24.5. The van der Waals surface area contributed by atoms with E-state index in [0.717, 1.165) is 59.2 Å². The van der Waals surface area contributed by atoms with E-state index in [2.05, 4.69) is 42.5 Å². The lowest BCUT2D eigenvalue weighted by Gasteiger charge is -2.24. The first kappa shape index (κ1) is 30.3. The van der Waals surface area contributed by atoms with Gasteiger partial charge in [0.25, 0.3) is 0 Å². The van der Waals surface area contributed by atoms with Crippen molar-refractivity contribution < 1.29 is 14.6 Å². The Morgan fingerprint density at radius 3 is 2.62 bits per heavy atom. The van der Waals surface area contributed by atoms with Crippen LogP contribution in [0.15, 0.2) is 78.9 Å². The van der Waals surface area contributed by atoms with Gasteiger partial charge in [-0.25, -0.2) is 4.98 Å². The summed E-state index contributed by atoms with van der Waals surface area (Å²) in [5.41, 5.74) is 5.41. The van der Waals surface area contributed by atoms with Crippen molar-refractivity contribution in [2.75, 3.05) is 12.9 Å². The fourth-order valence-electron chi connectivity index (χ4n) is 5.42. The quantitative estimate of drug-likeness (QED) is 0.165. The first-order valence-electron chi connectivity index (χ1n) is 14.5. The maximum absolute atomic E-state index is 12.1. The third-order valence-corrected chi connectivity index (χ3v) is 9.98. The molecule has 3 aromatic carbocycles. The monoisotopic (exact) mass is 599 g/mol. The maximum atomic E-state index is 12.1. The third-order valence-electron chi connectivity index (χ3n) is 8.05. The number of pyridine rings is 1. The van der Waals surface area contributed by atoms with Crippen LogP contribution in [-0.4, -0.2) is 28.9 Å². The molecule has 1 aliphatic carbocycles. The highest BCUT2D eigenvalue weighted by atomic mass is 35.5. The van der Waals surface area contributed by atoms with Crippen LogP contribution >= 0.6 is 23.4 Å². The van der Waals surface area contributed by atoms with Crippen molar-refractivity contribution >= 4 is 52.4 Å². The van der Waals surface area contributed by atoms with E-state index in [0.29, 0.717) is 11.4 Å². The van der Waals surface area contributed by atoms with Crippen LogP contribution < -0.4 is 0 Å². The number of ether oxygens (including phenoxy) is 1. The number of halogens is 1. The minimum Gasteiger partial charge on any atom is -0.469 e. The van der Waals surface area contributed by atoms with Crippen LogP contribution in [0.1, 0.15) is 72.7 Å². The smallest absolute Gasteiger partial charge is 0.306 e. The Kier molecular flexibility index (Phi) is 9.41. The Balaban J connectivity index is 1.37. The number of aromatic nitrogens is 1. The van der Waals surface area contributed by atoms with Gasteiger partial charge in [-0.1, -0.05) is 78.3 Å². The first-order valence-corrected chi connectivity index (χ1v) is 15.9. The van der Waals surface area contributed by atoms with E-state index in [9.17, 15) is 9.90 Å². The van der Waals surface area contributed by atoms with Crippen molar-refractivity contribution in [2.24, 2.45) is 5.41 Å². The molecule has 0 saturated heterocycles. The highest BCUT2D eigenvalue weighted by Crippen LogP contribution is 2.53. The van der Waals surface area contributed by atoms with Crippen molar-refractivity contribution in [3.63, 3.8) is 0 Å². The predicted octanol–water partition coefficient (Wildman–Crippen LogP) is 9.04. The van der Waals surface area contributed by atoms with Crippen LogP contribution in [0.3, 0.4) is 0 Å². The van der Waals surface area contributed by atoms with E-state index >= 15 is 0 Å². The highest BCUT2D eigenvalue weighted by Gasteiger charge is 2.45. The fourth-order valence-corrected chi connectivity index (χ4v) is 7.15. The van der Waals surface area contributed by atoms with Gasteiger partial charge in [0.1, 0.15) is 0 Å². The summed E-state index contributed by atoms with van der Waals surface area (Å²) >= 11 is 8.12. The number of methoxy groups -OCH3 is 1. The summed E-state index contributed by atoms with van der Waals surface area (Å²) in [6, 6.07) is 26.7. The number of hydrogen-bond donors (Lipinski definition) is 1. The van der Waals surface area contributed by atoms with Crippen LogP contribution in [0.4, 0.5) is 0 Å². The molecule has 1 aromatic heterocycles. The number of aryl methyl sites for hydroxylation is 1.